The minimum absolute atomic E-state index is 0.254. The third-order valence-electron chi connectivity index (χ3n) is 2.33. The summed E-state index contributed by atoms with van der Waals surface area (Å²) < 4.78 is 11.8. The van der Waals surface area contributed by atoms with Crippen LogP contribution in [0.5, 0.6) is 0 Å². The molecule has 0 amide bonds. The van der Waals surface area contributed by atoms with Crippen LogP contribution < -0.4 is 5.32 Å². The van der Waals surface area contributed by atoms with Gasteiger partial charge >= 0.3 is 0 Å². The van der Waals surface area contributed by atoms with E-state index >= 15 is 0 Å². The van der Waals surface area contributed by atoms with Crippen molar-refractivity contribution in [2.75, 3.05) is 12.3 Å². The average molecular weight is 219 g/mol. The van der Waals surface area contributed by atoms with E-state index in [4.69, 9.17) is 0 Å². The quantitative estimate of drug-likeness (QED) is 0.711. The first-order valence-electron chi connectivity index (χ1n) is 5.59. The summed E-state index contributed by atoms with van der Waals surface area (Å²) in [6.45, 7) is 11.6. The Morgan fingerprint density at radius 2 is 1.79 bits per heavy atom. The number of hydrogen-bond donors (Lipinski definition) is 1. The minimum atomic E-state index is -0.691. The van der Waals surface area contributed by atoms with Crippen LogP contribution in [0.1, 0.15) is 41.0 Å². The lowest BCUT2D eigenvalue weighted by molar-refractivity contribution is 0.529. The summed E-state index contributed by atoms with van der Waals surface area (Å²) in [5, 5.41) is 3.65. The van der Waals surface area contributed by atoms with Crippen molar-refractivity contribution >= 4 is 10.8 Å². The van der Waals surface area contributed by atoms with Crippen LogP contribution >= 0.6 is 0 Å². The van der Waals surface area contributed by atoms with Gasteiger partial charge in [0.25, 0.3) is 0 Å². The largest absolute Gasteiger partial charge is 0.313 e. The van der Waals surface area contributed by atoms with Gasteiger partial charge in [-0.1, -0.05) is 20.8 Å². The molecular formula is C11H25NOS. The molecule has 0 aliphatic carbocycles. The van der Waals surface area contributed by atoms with Gasteiger partial charge in [0.05, 0.1) is 0 Å². The third-order valence-corrected chi connectivity index (χ3v) is 4.57. The Morgan fingerprint density at radius 1 is 1.21 bits per heavy atom. The lowest BCUT2D eigenvalue weighted by Crippen LogP contribution is -2.39. The van der Waals surface area contributed by atoms with Crippen LogP contribution in [0.3, 0.4) is 0 Å². The fourth-order valence-corrected chi connectivity index (χ4v) is 2.76. The van der Waals surface area contributed by atoms with Gasteiger partial charge in [0, 0.05) is 27.8 Å². The molecule has 0 saturated carbocycles. The van der Waals surface area contributed by atoms with Crippen molar-refractivity contribution in [3.63, 3.8) is 0 Å². The van der Waals surface area contributed by atoms with E-state index in [-0.39, 0.29) is 5.25 Å². The van der Waals surface area contributed by atoms with Crippen molar-refractivity contribution in [3.8, 4) is 0 Å². The zero-order chi connectivity index (χ0) is 11.1. The lowest BCUT2D eigenvalue weighted by atomic mass is 10.2. The molecule has 3 atom stereocenters. The Morgan fingerprint density at radius 3 is 2.21 bits per heavy atom. The predicted molar refractivity (Wildman–Crippen MR) is 65.1 cm³/mol. The molecule has 0 aliphatic heterocycles. The van der Waals surface area contributed by atoms with Crippen molar-refractivity contribution in [2.24, 2.45) is 5.92 Å². The number of rotatable bonds is 7. The van der Waals surface area contributed by atoms with Gasteiger partial charge in [-0.2, -0.15) is 0 Å². The van der Waals surface area contributed by atoms with Gasteiger partial charge in [-0.3, -0.25) is 4.21 Å². The fraction of sp³-hybridized carbons (Fsp3) is 1.00. The molecule has 3 heteroatoms. The van der Waals surface area contributed by atoms with E-state index in [1.54, 1.807) is 0 Å². The molecule has 0 fully saturated rings. The van der Waals surface area contributed by atoms with E-state index in [0.29, 0.717) is 12.0 Å². The average Bonchev–Trinajstić information content (AvgIpc) is 2.11. The molecule has 0 radical (unpaired) electrons. The van der Waals surface area contributed by atoms with Crippen LogP contribution in [-0.2, 0) is 10.8 Å². The normalized spacial score (nSPS) is 18.1. The molecule has 0 rings (SSSR count). The van der Waals surface area contributed by atoms with Crippen molar-refractivity contribution in [1.29, 1.82) is 0 Å². The SMILES string of the molecule is CCCNC(C)C(C)S(=O)CC(C)C. The van der Waals surface area contributed by atoms with Crippen molar-refractivity contribution < 1.29 is 4.21 Å². The van der Waals surface area contributed by atoms with E-state index < -0.39 is 10.8 Å². The fourth-order valence-electron chi connectivity index (χ4n) is 1.25. The first-order valence-corrected chi connectivity index (χ1v) is 6.97. The first-order chi connectivity index (χ1) is 6.49. The molecule has 2 nitrogen and oxygen atoms in total. The van der Waals surface area contributed by atoms with E-state index in [9.17, 15) is 4.21 Å². The predicted octanol–water partition coefficient (Wildman–Crippen LogP) is 2.17. The molecule has 1 N–H and O–H groups in total. The molecule has 0 bridgehead atoms. The van der Waals surface area contributed by atoms with Crippen LogP contribution in [0.2, 0.25) is 0 Å². The van der Waals surface area contributed by atoms with Gasteiger partial charge in [0.2, 0.25) is 0 Å². The standard InChI is InChI=1S/C11H25NOS/c1-6-7-12-10(4)11(5)14(13)8-9(2)3/h9-12H,6-8H2,1-5H3. The summed E-state index contributed by atoms with van der Waals surface area (Å²) >= 11 is 0. The Labute approximate surface area is 91.3 Å². The van der Waals surface area contributed by atoms with Crippen LogP contribution in [0.25, 0.3) is 0 Å². The smallest absolute Gasteiger partial charge is 0.0470 e. The molecule has 0 aromatic rings. The highest BCUT2D eigenvalue weighted by Crippen LogP contribution is 2.06. The van der Waals surface area contributed by atoms with Gasteiger partial charge in [-0.15, -0.1) is 0 Å². The third kappa shape index (κ3) is 5.76. The van der Waals surface area contributed by atoms with Crippen molar-refractivity contribution in [1.82, 2.24) is 5.32 Å². The highest BCUT2D eigenvalue weighted by molar-refractivity contribution is 7.85. The molecule has 0 aromatic heterocycles. The van der Waals surface area contributed by atoms with E-state index in [0.717, 1.165) is 18.7 Å². The summed E-state index contributed by atoms with van der Waals surface area (Å²) in [4.78, 5) is 0. The monoisotopic (exact) mass is 219 g/mol. The second-order valence-corrected chi connectivity index (χ2v) is 6.23. The maximum absolute atomic E-state index is 11.8. The zero-order valence-corrected chi connectivity index (χ0v) is 11.0. The lowest BCUT2D eigenvalue weighted by Gasteiger charge is -2.21. The van der Waals surface area contributed by atoms with Crippen LogP contribution in [0.15, 0.2) is 0 Å². The molecule has 0 spiro atoms. The van der Waals surface area contributed by atoms with Crippen molar-refractivity contribution in [3.05, 3.63) is 0 Å². The van der Waals surface area contributed by atoms with E-state index in [1.165, 1.54) is 0 Å². The molecule has 3 unspecified atom stereocenters. The van der Waals surface area contributed by atoms with Gasteiger partial charge in [-0.25, -0.2) is 0 Å². The number of hydrogen-bond acceptors (Lipinski definition) is 2. The molecule has 0 heterocycles. The Balaban J connectivity index is 3.90. The maximum atomic E-state index is 11.8. The van der Waals surface area contributed by atoms with Gasteiger partial charge in [0.15, 0.2) is 0 Å². The summed E-state index contributed by atoms with van der Waals surface area (Å²) in [6.07, 6.45) is 1.13. The molecular weight excluding hydrogens is 194 g/mol. The van der Waals surface area contributed by atoms with E-state index in [1.807, 2.05) is 0 Å². The highest BCUT2D eigenvalue weighted by Gasteiger charge is 2.18. The highest BCUT2D eigenvalue weighted by atomic mass is 32.2. The summed E-state index contributed by atoms with van der Waals surface area (Å²) in [7, 11) is -0.691. The Bertz CT molecular complexity index is 171. The second-order valence-electron chi connectivity index (χ2n) is 4.39. The topological polar surface area (TPSA) is 29.1 Å². The molecule has 86 valence electrons. The zero-order valence-electron chi connectivity index (χ0n) is 10.2. The first kappa shape index (κ1) is 14.1. The Kier molecular flexibility index (Phi) is 7.47. The van der Waals surface area contributed by atoms with E-state index in [2.05, 4.69) is 39.9 Å². The summed E-state index contributed by atoms with van der Waals surface area (Å²) in [5.74, 6) is 1.34. The van der Waals surface area contributed by atoms with Crippen molar-refractivity contribution in [2.45, 2.75) is 52.3 Å². The Hall–Kier alpha value is 0.110. The van der Waals surface area contributed by atoms with Gasteiger partial charge in [-0.05, 0) is 32.7 Å². The van der Waals surface area contributed by atoms with Gasteiger partial charge < -0.3 is 5.32 Å². The minimum Gasteiger partial charge on any atom is -0.313 e. The van der Waals surface area contributed by atoms with Crippen LogP contribution in [0, 0.1) is 5.92 Å². The molecule has 0 aromatic carbocycles. The summed E-state index contributed by atoms with van der Waals surface area (Å²) in [5.41, 5.74) is 0. The van der Waals surface area contributed by atoms with Crippen LogP contribution in [-0.4, -0.2) is 27.8 Å². The second kappa shape index (κ2) is 7.41. The van der Waals surface area contributed by atoms with Gasteiger partial charge in [0.1, 0.15) is 0 Å². The number of nitrogens with one attached hydrogen (secondary N) is 1. The molecule has 14 heavy (non-hydrogen) atoms. The summed E-state index contributed by atoms with van der Waals surface area (Å²) in [6, 6.07) is 0.356. The molecule has 0 aliphatic rings. The molecule has 0 saturated heterocycles. The maximum Gasteiger partial charge on any atom is 0.0470 e. The van der Waals surface area contributed by atoms with Crippen LogP contribution in [0.4, 0.5) is 0 Å².